The smallest absolute Gasteiger partial charge is 0.237 e. The normalized spacial score (nSPS) is 23.5. The average molecular weight is 428 g/mol. The lowest BCUT2D eigenvalue weighted by molar-refractivity contribution is -0.136. The first-order valence-electron chi connectivity index (χ1n) is 10.0. The van der Waals surface area contributed by atoms with Gasteiger partial charge in [-0.2, -0.15) is 0 Å². The Hall–Kier alpha value is -1.31. The lowest BCUT2D eigenvalue weighted by Crippen LogP contribution is -2.53. The predicted octanol–water partition coefficient (Wildman–Crippen LogP) is 2.28. The largest absolute Gasteiger partial charge is 0.369 e. The maximum Gasteiger partial charge on any atom is 0.237 e. The van der Waals surface area contributed by atoms with E-state index in [1.54, 1.807) is 0 Å². The van der Waals surface area contributed by atoms with Crippen molar-refractivity contribution in [3.05, 3.63) is 29.3 Å². The first-order valence-corrected chi connectivity index (χ1v) is 12.2. The summed E-state index contributed by atoms with van der Waals surface area (Å²) in [5.41, 5.74) is 1.11. The average Bonchev–Trinajstić information content (AvgIpc) is 3.01. The summed E-state index contributed by atoms with van der Waals surface area (Å²) in [6, 6.07) is 7.71. The number of carbonyl (C=O) groups is 1. The molecular weight excluding hydrogens is 398 g/mol. The van der Waals surface area contributed by atoms with Crippen molar-refractivity contribution < 1.29 is 13.2 Å². The molecule has 0 aromatic heterocycles. The zero-order valence-electron chi connectivity index (χ0n) is 16.7. The maximum absolute atomic E-state index is 13.1. The molecule has 1 amide bonds. The van der Waals surface area contributed by atoms with Crippen LogP contribution in [0.2, 0.25) is 5.02 Å². The Balaban J connectivity index is 1.58. The quantitative estimate of drug-likeness (QED) is 0.697. The number of carbonyl (C=O) groups excluding carboxylic acids is 1. The number of amides is 1. The van der Waals surface area contributed by atoms with Crippen LogP contribution < -0.4 is 4.90 Å². The fraction of sp³-hybridized carbons (Fsp3) is 0.650. The van der Waals surface area contributed by atoms with Crippen molar-refractivity contribution >= 4 is 33.0 Å². The van der Waals surface area contributed by atoms with Gasteiger partial charge >= 0.3 is 0 Å². The summed E-state index contributed by atoms with van der Waals surface area (Å²) < 4.78 is 23.8. The van der Waals surface area contributed by atoms with Crippen molar-refractivity contribution in [2.75, 3.05) is 49.1 Å². The number of piperazine rings is 1. The van der Waals surface area contributed by atoms with E-state index in [-0.39, 0.29) is 29.5 Å². The van der Waals surface area contributed by atoms with Crippen molar-refractivity contribution in [2.24, 2.45) is 0 Å². The molecule has 0 spiro atoms. The fourth-order valence-corrected chi connectivity index (χ4v) is 6.01. The van der Waals surface area contributed by atoms with Crippen LogP contribution in [0.3, 0.4) is 0 Å². The van der Waals surface area contributed by atoms with E-state index in [0.717, 1.165) is 43.3 Å². The molecule has 2 fully saturated rings. The van der Waals surface area contributed by atoms with E-state index < -0.39 is 9.84 Å². The number of nitrogens with zero attached hydrogens (tertiary/aromatic N) is 3. The van der Waals surface area contributed by atoms with E-state index in [1.165, 1.54) is 0 Å². The monoisotopic (exact) mass is 427 g/mol. The third-order valence-corrected chi connectivity index (χ3v) is 7.85. The van der Waals surface area contributed by atoms with Gasteiger partial charge in [0.2, 0.25) is 5.91 Å². The van der Waals surface area contributed by atoms with Gasteiger partial charge in [-0.05, 0) is 38.0 Å². The van der Waals surface area contributed by atoms with Crippen molar-refractivity contribution in [1.29, 1.82) is 0 Å². The van der Waals surface area contributed by atoms with Gasteiger partial charge in [-0.1, -0.05) is 24.6 Å². The van der Waals surface area contributed by atoms with Gasteiger partial charge in [0, 0.05) is 49.0 Å². The van der Waals surface area contributed by atoms with Gasteiger partial charge in [0.1, 0.15) is 0 Å². The van der Waals surface area contributed by atoms with Gasteiger partial charge in [-0.25, -0.2) is 8.42 Å². The maximum atomic E-state index is 13.1. The highest BCUT2D eigenvalue weighted by Crippen LogP contribution is 2.23. The SMILES string of the molecule is CC[C@@H](C)N(C(=O)CN1CCN(c2cccc(Cl)c2)CC1)[C@@H]1CCS(=O)(=O)C1. The summed E-state index contributed by atoms with van der Waals surface area (Å²) in [6.45, 7) is 7.69. The Bertz CT molecular complexity index is 794. The van der Waals surface area contributed by atoms with Crippen molar-refractivity contribution in [3.63, 3.8) is 0 Å². The standard InChI is InChI=1S/C20H30ClN3O3S/c1-3-16(2)24(19-7-12-28(26,27)15-19)20(25)14-22-8-10-23(11-9-22)18-6-4-5-17(21)13-18/h4-6,13,16,19H,3,7-12,14-15H2,1-2H3/t16-,19-/m1/s1. The highest BCUT2D eigenvalue weighted by atomic mass is 35.5. The van der Waals surface area contributed by atoms with Gasteiger partial charge in [-0.15, -0.1) is 0 Å². The first-order chi connectivity index (χ1) is 13.3. The molecule has 2 atom stereocenters. The first kappa shape index (κ1) is 21.4. The molecule has 8 heteroatoms. The van der Waals surface area contributed by atoms with Crippen LogP contribution >= 0.6 is 11.6 Å². The molecule has 2 aliphatic rings. The molecule has 1 aromatic carbocycles. The predicted molar refractivity (Wildman–Crippen MR) is 114 cm³/mol. The minimum atomic E-state index is -3.02. The molecule has 6 nitrogen and oxygen atoms in total. The van der Waals surface area contributed by atoms with Gasteiger partial charge in [0.05, 0.1) is 18.1 Å². The second-order valence-corrected chi connectivity index (χ2v) is 10.5. The van der Waals surface area contributed by atoms with Crippen LogP contribution in [0.15, 0.2) is 24.3 Å². The Labute approximate surface area is 173 Å². The van der Waals surface area contributed by atoms with Crippen molar-refractivity contribution in [2.45, 2.75) is 38.8 Å². The minimum Gasteiger partial charge on any atom is -0.369 e. The summed E-state index contributed by atoms with van der Waals surface area (Å²) in [7, 11) is -3.02. The summed E-state index contributed by atoms with van der Waals surface area (Å²) in [5.74, 6) is 0.342. The number of hydrogen-bond acceptors (Lipinski definition) is 5. The van der Waals surface area contributed by atoms with Gasteiger partial charge in [0.25, 0.3) is 0 Å². The van der Waals surface area contributed by atoms with Crippen LogP contribution in [0.25, 0.3) is 0 Å². The van der Waals surface area contributed by atoms with Crippen molar-refractivity contribution in [3.8, 4) is 0 Å². The Morgan fingerprint density at radius 2 is 2.00 bits per heavy atom. The number of benzene rings is 1. The number of sulfone groups is 1. The molecule has 2 heterocycles. The second kappa shape index (κ2) is 9.01. The Morgan fingerprint density at radius 3 is 2.57 bits per heavy atom. The summed E-state index contributed by atoms with van der Waals surface area (Å²) in [6.07, 6.45) is 1.38. The fourth-order valence-electron chi connectivity index (χ4n) is 4.11. The van der Waals surface area contributed by atoms with E-state index in [2.05, 4.69) is 15.9 Å². The molecule has 3 rings (SSSR count). The second-order valence-electron chi connectivity index (χ2n) is 7.86. The summed E-state index contributed by atoms with van der Waals surface area (Å²) in [5, 5.41) is 0.728. The van der Waals surface area contributed by atoms with Crippen LogP contribution in [-0.2, 0) is 14.6 Å². The van der Waals surface area contributed by atoms with Gasteiger partial charge < -0.3 is 9.80 Å². The molecule has 0 radical (unpaired) electrons. The number of anilines is 1. The Morgan fingerprint density at radius 1 is 1.29 bits per heavy atom. The summed E-state index contributed by atoms with van der Waals surface area (Å²) >= 11 is 6.09. The molecule has 2 saturated heterocycles. The molecule has 1 aromatic rings. The van der Waals surface area contributed by atoms with E-state index >= 15 is 0 Å². The van der Waals surface area contributed by atoms with E-state index in [1.807, 2.05) is 36.9 Å². The van der Waals surface area contributed by atoms with Crippen LogP contribution in [0.1, 0.15) is 26.7 Å². The van der Waals surface area contributed by atoms with Crippen molar-refractivity contribution in [1.82, 2.24) is 9.80 Å². The topological polar surface area (TPSA) is 60.9 Å². The van der Waals surface area contributed by atoms with Crippen LogP contribution in [0.4, 0.5) is 5.69 Å². The van der Waals surface area contributed by atoms with Gasteiger partial charge in [0.15, 0.2) is 9.84 Å². The van der Waals surface area contributed by atoms with Crippen LogP contribution in [0.5, 0.6) is 0 Å². The minimum absolute atomic E-state index is 0.0488. The molecule has 0 unspecified atom stereocenters. The Kier molecular flexibility index (Phi) is 6.89. The van der Waals surface area contributed by atoms with E-state index in [0.29, 0.717) is 13.0 Å². The molecule has 2 aliphatic heterocycles. The highest BCUT2D eigenvalue weighted by Gasteiger charge is 2.37. The zero-order chi connectivity index (χ0) is 20.3. The number of hydrogen-bond donors (Lipinski definition) is 0. The van der Waals surface area contributed by atoms with Crippen LogP contribution in [0, 0.1) is 0 Å². The molecule has 0 saturated carbocycles. The molecule has 0 N–H and O–H groups in total. The molecule has 0 bridgehead atoms. The molecule has 28 heavy (non-hydrogen) atoms. The van der Waals surface area contributed by atoms with Crippen LogP contribution in [-0.4, -0.2) is 80.4 Å². The van der Waals surface area contributed by atoms with E-state index in [9.17, 15) is 13.2 Å². The molecule has 156 valence electrons. The lowest BCUT2D eigenvalue weighted by Gasteiger charge is -2.39. The van der Waals surface area contributed by atoms with E-state index in [4.69, 9.17) is 11.6 Å². The lowest BCUT2D eigenvalue weighted by atomic mass is 10.1. The zero-order valence-corrected chi connectivity index (χ0v) is 18.3. The number of rotatable bonds is 6. The number of halogens is 1. The van der Waals surface area contributed by atoms with Gasteiger partial charge in [-0.3, -0.25) is 9.69 Å². The third kappa shape index (κ3) is 5.19. The summed E-state index contributed by atoms with van der Waals surface area (Å²) in [4.78, 5) is 19.4. The highest BCUT2D eigenvalue weighted by molar-refractivity contribution is 7.91. The molecule has 0 aliphatic carbocycles. The third-order valence-electron chi connectivity index (χ3n) is 5.86. The molecular formula is C20H30ClN3O3S.